The first-order valence-corrected chi connectivity index (χ1v) is 6.78. The first kappa shape index (κ1) is 13.2. The number of nitrogens with two attached hydrogens (primary N) is 1. The van der Waals surface area contributed by atoms with E-state index < -0.39 is 0 Å². The SMILES string of the molecule is Cc1cc(N)c(N2CCC(C(C)O)CC2)cc1C. The van der Waals surface area contributed by atoms with Crippen LogP contribution in [0.15, 0.2) is 12.1 Å². The molecule has 0 amide bonds. The van der Waals surface area contributed by atoms with Gasteiger partial charge in [-0.1, -0.05) is 0 Å². The van der Waals surface area contributed by atoms with Crippen LogP contribution in [0.1, 0.15) is 30.9 Å². The Labute approximate surface area is 110 Å². The second-order valence-electron chi connectivity index (χ2n) is 5.56. The second-order valence-corrected chi connectivity index (χ2v) is 5.56. The molecule has 0 bridgehead atoms. The minimum atomic E-state index is -0.191. The van der Waals surface area contributed by atoms with Crippen molar-refractivity contribution in [3.63, 3.8) is 0 Å². The maximum Gasteiger partial charge on any atom is 0.0602 e. The van der Waals surface area contributed by atoms with Gasteiger partial charge in [-0.15, -0.1) is 0 Å². The molecule has 1 aromatic carbocycles. The van der Waals surface area contributed by atoms with E-state index in [2.05, 4.69) is 30.9 Å². The van der Waals surface area contributed by atoms with Gasteiger partial charge < -0.3 is 15.7 Å². The van der Waals surface area contributed by atoms with Crippen LogP contribution in [0.5, 0.6) is 0 Å². The van der Waals surface area contributed by atoms with E-state index in [4.69, 9.17) is 5.73 Å². The lowest BCUT2D eigenvalue weighted by Crippen LogP contribution is -2.37. The highest BCUT2D eigenvalue weighted by molar-refractivity contribution is 5.70. The normalized spacial score (nSPS) is 19.0. The minimum Gasteiger partial charge on any atom is -0.397 e. The molecule has 18 heavy (non-hydrogen) atoms. The zero-order chi connectivity index (χ0) is 13.3. The van der Waals surface area contributed by atoms with Gasteiger partial charge in [0.1, 0.15) is 0 Å². The van der Waals surface area contributed by atoms with Gasteiger partial charge in [-0.25, -0.2) is 0 Å². The van der Waals surface area contributed by atoms with Gasteiger partial charge in [-0.3, -0.25) is 0 Å². The zero-order valence-electron chi connectivity index (χ0n) is 11.6. The number of nitrogen functional groups attached to an aromatic ring is 1. The van der Waals surface area contributed by atoms with Gasteiger partial charge >= 0.3 is 0 Å². The molecule has 0 spiro atoms. The summed E-state index contributed by atoms with van der Waals surface area (Å²) in [6, 6.07) is 4.25. The minimum absolute atomic E-state index is 0.191. The summed E-state index contributed by atoms with van der Waals surface area (Å²) >= 11 is 0. The van der Waals surface area contributed by atoms with Crippen LogP contribution >= 0.6 is 0 Å². The monoisotopic (exact) mass is 248 g/mol. The summed E-state index contributed by atoms with van der Waals surface area (Å²) in [6.45, 7) is 8.09. The van der Waals surface area contributed by atoms with Crippen LogP contribution in [0, 0.1) is 19.8 Å². The molecule has 3 heteroatoms. The predicted octanol–water partition coefficient (Wildman–Crippen LogP) is 2.48. The number of piperidine rings is 1. The summed E-state index contributed by atoms with van der Waals surface area (Å²) in [4.78, 5) is 2.35. The summed E-state index contributed by atoms with van der Waals surface area (Å²) in [6.07, 6.45) is 1.90. The van der Waals surface area contributed by atoms with E-state index in [1.54, 1.807) is 0 Å². The molecule has 1 aromatic rings. The standard InChI is InChI=1S/C15H24N2O/c1-10-8-14(16)15(9-11(10)2)17-6-4-13(5-7-17)12(3)18/h8-9,12-13,18H,4-7,16H2,1-3H3. The molecule has 1 atom stereocenters. The van der Waals surface area contributed by atoms with Gasteiger partial charge in [0.25, 0.3) is 0 Å². The summed E-state index contributed by atoms with van der Waals surface area (Å²) in [5.74, 6) is 0.439. The Morgan fingerprint density at radius 3 is 2.33 bits per heavy atom. The van der Waals surface area contributed by atoms with Crippen LogP contribution < -0.4 is 10.6 Å². The number of hydrogen-bond acceptors (Lipinski definition) is 3. The van der Waals surface area contributed by atoms with Crippen molar-refractivity contribution in [2.75, 3.05) is 23.7 Å². The highest BCUT2D eigenvalue weighted by Gasteiger charge is 2.23. The predicted molar refractivity (Wildman–Crippen MR) is 76.9 cm³/mol. The number of aryl methyl sites for hydroxylation is 2. The fourth-order valence-corrected chi connectivity index (χ4v) is 2.72. The molecule has 1 unspecified atom stereocenters. The molecule has 3 N–H and O–H groups in total. The molecule has 0 aliphatic carbocycles. The third-order valence-electron chi connectivity index (χ3n) is 4.21. The number of aliphatic hydroxyl groups is 1. The van der Waals surface area contributed by atoms with E-state index in [1.807, 2.05) is 6.92 Å². The Morgan fingerprint density at radius 1 is 1.22 bits per heavy atom. The van der Waals surface area contributed by atoms with Gasteiger partial charge in [0.2, 0.25) is 0 Å². The van der Waals surface area contributed by atoms with Crippen molar-refractivity contribution in [2.24, 2.45) is 5.92 Å². The Balaban J connectivity index is 2.12. The van der Waals surface area contributed by atoms with E-state index in [0.717, 1.165) is 37.3 Å². The Kier molecular flexibility index (Phi) is 3.81. The number of nitrogens with zero attached hydrogens (tertiary/aromatic N) is 1. The lowest BCUT2D eigenvalue weighted by atomic mass is 9.91. The summed E-state index contributed by atoms with van der Waals surface area (Å²) in [5.41, 5.74) is 10.7. The van der Waals surface area contributed by atoms with Gasteiger partial charge in [-0.05, 0) is 62.8 Å². The first-order chi connectivity index (χ1) is 8.49. The average molecular weight is 248 g/mol. The van der Waals surface area contributed by atoms with E-state index in [0.29, 0.717) is 5.92 Å². The molecule has 0 radical (unpaired) electrons. The quantitative estimate of drug-likeness (QED) is 0.791. The third kappa shape index (κ3) is 2.61. The molecule has 0 saturated carbocycles. The maximum atomic E-state index is 9.63. The molecular weight excluding hydrogens is 224 g/mol. The lowest BCUT2D eigenvalue weighted by Gasteiger charge is -2.35. The number of benzene rings is 1. The number of aliphatic hydroxyl groups excluding tert-OH is 1. The molecule has 3 nitrogen and oxygen atoms in total. The van der Waals surface area contributed by atoms with Crippen molar-refractivity contribution < 1.29 is 5.11 Å². The van der Waals surface area contributed by atoms with Gasteiger partial charge in [0.15, 0.2) is 0 Å². The van der Waals surface area contributed by atoms with Crippen LogP contribution in [-0.4, -0.2) is 24.3 Å². The number of anilines is 2. The van der Waals surface area contributed by atoms with E-state index in [9.17, 15) is 5.11 Å². The van der Waals surface area contributed by atoms with Crippen LogP contribution in [-0.2, 0) is 0 Å². The lowest BCUT2D eigenvalue weighted by molar-refractivity contribution is 0.110. The van der Waals surface area contributed by atoms with Gasteiger partial charge in [0, 0.05) is 13.1 Å². The fraction of sp³-hybridized carbons (Fsp3) is 0.600. The topological polar surface area (TPSA) is 49.5 Å². The van der Waals surface area contributed by atoms with Crippen molar-refractivity contribution in [1.29, 1.82) is 0 Å². The zero-order valence-corrected chi connectivity index (χ0v) is 11.6. The van der Waals surface area contributed by atoms with Crippen LogP contribution in [0.25, 0.3) is 0 Å². The smallest absolute Gasteiger partial charge is 0.0602 e. The van der Waals surface area contributed by atoms with Gasteiger partial charge in [-0.2, -0.15) is 0 Å². The average Bonchev–Trinajstić information content (AvgIpc) is 2.34. The van der Waals surface area contributed by atoms with Gasteiger partial charge in [0.05, 0.1) is 17.5 Å². The van der Waals surface area contributed by atoms with Crippen molar-refractivity contribution in [1.82, 2.24) is 0 Å². The van der Waals surface area contributed by atoms with E-state index >= 15 is 0 Å². The summed E-state index contributed by atoms with van der Waals surface area (Å²) in [5, 5.41) is 9.63. The van der Waals surface area contributed by atoms with Crippen molar-refractivity contribution in [3.05, 3.63) is 23.3 Å². The Bertz CT molecular complexity index is 421. The molecule has 1 aliphatic rings. The number of rotatable bonds is 2. The second kappa shape index (κ2) is 5.19. The van der Waals surface area contributed by atoms with Crippen molar-refractivity contribution in [2.45, 2.75) is 39.7 Å². The van der Waals surface area contributed by atoms with Crippen LogP contribution in [0.2, 0.25) is 0 Å². The largest absolute Gasteiger partial charge is 0.397 e. The Hall–Kier alpha value is -1.22. The van der Waals surface area contributed by atoms with E-state index in [1.165, 1.54) is 11.1 Å². The highest BCUT2D eigenvalue weighted by Crippen LogP contribution is 2.31. The van der Waals surface area contributed by atoms with Crippen LogP contribution in [0.4, 0.5) is 11.4 Å². The van der Waals surface area contributed by atoms with Crippen molar-refractivity contribution >= 4 is 11.4 Å². The summed E-state index contributed by atoms with van der Waals surface area (Å²) in [7, 11) is 0. The Morgan fingerprint density at radius 2 is 1.78 bits per heavy atom. The molecule has 2 rings (SSSR count). The van der Waals surface area contributed by atoms with Crippen molar-refractivity contribution in [3.8, 4) is 0 Å². The molecular formula is C15H24N2O. The molecule has 1 fully saturated rings. The maximum absolute atomic E-state index is 9.63. The number of hydrogen-bond donors (Lipinski definition) is 2. The highest BCUT2D eigenvalue weighted by atomic mass is 16.3. The molecule has 1 aliphatic heterocycles. The molecule has 100 valence electrons. The third-order valence-corrected chi connectivity index (χ3v) is 4.21. The fourth-order valence-electron chi connectivity index (χ4n) is 2.72. The molecule has 1 heterocycles. The van der Waals surface area contributed by atoms with E-state index in [-0.39, 0.29) is 6.10 Å². The first-order valence-electron chi connectivity index (χ1n) is 6.78. The molecule has 1 saturated heterocycles. The summed E-state index contributed by atoms with van der Waals surface area (Å²) < 4.78 is 0. The van der Waals surface area contributed by atoms with Crippen LogP contribution in [0.3, 0.4) is 0 Å². The molecule has 0 aromatic heterocycles.